The lowest BCUT2D eigenvalue weighted by atomic mass is 10.1. The van der Waals surface area contributed by atoms with Crippen molar-refractivity contribution in [2.24, 2.45) is 5.92 Å². The van der Waals surface area contributed by atoms with Gasteiger partial charge in [-0.15, -0.1) is 5.10 Å². The predicted octanol–water partition coefficient (Wildman–Crippen LogP) is 2.38. The summed E-state index contributed by atoms with van der Waals surface area (Å²) in [6, 6.07) is 0. The first-order valence-electron chi connectivity index (χ1n) is 9.18. The molecule has 7 nitrogen and oxygen atoms in total. The average molecular weight is 353 g/mol. The van der Waals surface area contributed by atoms with E-state index in [0.717, 1.165) is 18.5 Å². The van der Waals surface area contributed by atoms with Crippen molar-refractivity contribution in [3.05, 3.63) is 11.9 Å². The summed E-state index contributed by atoms with van der Waals surface area (Å²) in [7, 11) is 0. The van der Waals surface area contributed by atoms with Crippen LogP contribution in [0, 0.1) is 5.92 Å². The molecule has 0 unspecified atom stereocenters. The van der Waals surface area contributed by atoms with Gasteiger partial charge in [0.15, 0.2) is 5.78 Å². The minimum atomic E-state index is 0.0557. The van der Waals surface area contributed by atoms with E-state index in [4.69, 9.17) is 14.2 Å². The minimum absolute atomic E-state index is 0.0557. The van der Waals surface area contributed by atoms with Crippen LogP contribution in [0.5, 0.6) is 0 Å². The molecule has 1 aliphatic rings. The number of carbonyl (C=O) groups excluding carboxylic acids is 1. The molecule has 142 valence electrons. The van der Waals surface area contributed by atoms with Crippen LogP contribution in [-0.4, -0.2) is 52.3 Å². The molecule has 0 bridgehead atoms. The average Bonchev–Trinajstić information content (AvgIpc) is 2.93. The Morgan fingerprint density at radius 3 is 2.92 bits per heavy atom. The second kappa shape index (κ2) is 9.99. The van der Waals surface area contributed by atoms with Gasteiger partial charge in [0.25, 0.3) is 0 Å². The highest BCUT2D eigenvalue weighted by Gasteiger charge is 2.24. The molecule has 2 heterocycles. The van der Waals surface area contributed by atoms with E-state index < -0.39 is 0 Å². The van der Waals surface area contributed by atoms with Crippen LogP contribution in [-0.2, 0) is 32.2 Å². The van der Waals surface area contributed by atoms with Crippen LogP contribution in [0.3, 0.4) is 0 Å². The van der Waals surface area contributed by atoms with Gasteiger partial charge in [0.05, 0.1) is 37.7 Å². The SMILES string of the molecule is CC(C)CC(=O)Cn1cc(COC[C@H]2C[C@@H](OC(C)C)CCO2)nn1. The van der Waals surface area contributed by atoms with E-state index in [1.54, 1.807) is 10.9 Å². The molecular weight excluding hydrogens is 322 g/mol. The molecule has 1 aromatic rings. The monoisotopic (exact) mass is 353 g/mol. The lowest BCUT2D eigenvalue weighted by molar-refractivity contribution is -0.120. The van der Waals surface area contributed by atoms with Crippen molar-refractivity contribution in [3.8, 4) is 0 Å². The Morgan fingerprint density at radius 2 is 2.20 bits per heavy atom. The van der Waals surface area contributed by atoms with Crippen molar-refractivity contribution in [1.82, 2.24) is 15.0 Å². The summed E-state index contributed by atoms with van der Waals surface area (Å²) in [4.78, 5) is 11.8. The summed E-state index contributed by atoms with van der Waals surface area (Å²) < 4.78 is 18.9. The summed E-state index contributed by atoms with van der Waals surface area (Å²) >= 11 is 0. The van der Waals surface area contributed by atoms with Gasteiger partial charge in [0.1, 0.15) is 12.2 Å². The van der Waals surface area contributed by atoms with Crippen LogP contribution in [0.1, 0.15) is 52.7 Å². The molecule has 2 atom stereocenters. The van der Waals surface area contributed by atoms with Crippen LogP contribution < -0.4 is 0 Å². The highest BCUT2D eigenvalue weighted by molar-refractivity contribution is 5.78. The number of Topliss-reactive ketones (excluding diaryl/α,β-unsaturated/α-hetero) is 1. The van der Waals surface area contributed by atoms with Crippen molar-refractivity contribution >= 4 is 5.78 Å². The Hall–Kier alpha value is -1.31. The van der Waals surface area contributed by atoms with E-state index in [-0.39, 0.29) is 30.6 Å². The number of hydrogen-bond donors (Lipinski definition) is 0. The summed E-state index contributed by atoms with van der Waals surface area (Å²) in [6.45, 7) is 10.0. The van der Waals surface area contributed by atoms with E-state index in [9.17, 15) is 4.79 Å². The maximum atomic E-state index is 11.8. The number of ketones is 1. The normalized spacial score (nSPS) is 21.2. The number of ether oxygens (including phenoxy) is 3. The van der Waals surface area contributed by atoms with E-state index in [2.05, 4.69) is 24.2 Å². The predicted molar refractivity (Wildman–Crippen MR) is 93.1 cm³/mol. The second-order valence-corrected chi connectivity index (χ2v) is 7.38. The molecule has 1 aliphatic heterocycles. The van der Waals surface area contributed by atoms with Gasteiger partial charge in [-0.05, 0) is 26.2 Å². The highest BCUT2D eigenvalue weighted by atomic mass is 16.5. The van der Waals surface area contributed by atoms with Crippen LogP contribution in [0.2, 0.25) is 0 Å². The number of rotatable bonds is 10. The highest BCUT2D eigenvalue weighted by Crippen LogP contribution is 2.19. The van der Waals surface area contributed by atoms with Crippen molar-refractivity contribution in [3.63, 3.8) is 0 Å². The molecule has 1 saturated heterocycles. The molecule has 0 saturated carbocycles. The molecule has 2 rings (SSSR count). The number of carbonyl (C=O) groups is 1. The second-order valence-electron chi connectivity index (χ2n) is 7.38. The van der Waals surface area contributed by atoms with Gasteiger partial charge in [-0.2, -0.15) is 0 Å². The summed E-state index contributed by atoms with van der Waals surface area (Å²) in [6.07, 6.45) is 4.66. The summed E-state index contributed by atoms with van der Waals surface area (Å²) in [5, 5.41) is 8.04. The summed E-state index contributed by atoms with van der Waals surface area (Å²) in [5.74, 6) is 0.525. The van der Waals surface area contributed by atoms with Gasteiger partial charge >= 0.3 is 0 Å². The van der Waals surface area contributed by atoms with Gasteiger partial charge < -0.3 is 14.2 Å². The van der Waals surface area contributed by atoms with E-state index in [1.165, 1.54) is 0 Å². The fourth-order valence-electron chi connectivity index (χ4n) is 2.95. The van der Waals surface area contributed by atoms with Crippen LogP contribution in [0.25, 0.3) is 0 Å². The van der Waals surface area contributed by atoms with E-state index in [0.29, 0.717) is 32.2 Å². The molecule has 1 fully saturated rings. The number of aromatic nitrogens is 3. The van der Waals surface area contributed by atoms with Crippen LogP contribution in [0.15, 0.2) is 6.20 Å². The molecule has 0 aromatic carbocycles. The van der Waals surface area contributed by atoms with Crippen LogP contribution in [0.4, 0.5) is 0 Å². The third-order valence-corrected chi connectivity index (χ3v) is 3.90. The first-order chi connectivity index (χ1) is 11.9. The maximum absolute atomic E-state index is 11.8. The van der Waals surface area contributed by atoms with Crippen molar-refractivity contribution in [1.29, 1.82) is 0 Å². The Morgan fingerprint density at radius 1 is 1.40 bits per heavy atom. The Labute approximate surface area is 150 Å². The largest absolute Gasteiger partial charge is 0.376 e. The van der Waals surface area contributed by atoms with Crippen molar-refractivity contribution in [2.45, 2.75) is 78.4 Å². The standard InChI is InChI=1S/C18H31N3O4/c1-13(2)7-16(22)10-21-9-15(19-20-21)11-23-12-18-8-17(5-6-24-18)25-14(3)4/h9,13-14,17-18H,5-8,10-12H2,1-4H3/t17-,18+/m0/s1. The molecule has 0 N–H and O–H groups in total. The topological polar surface area (TPSA) is 75.5 Å². The van der Waals surface area contributed by atoms with Gasteiger partial charge in [-0.25, -0.2) is 4.68 Å². The zero-order valence-corrected chi connectivity index (χ0v) is 15.8. The summed E-state index contributed by atoms with van der Waals surface area (Å²) in [5.41, 5.74) is 0.725. The van der Waals surface area contributed by atoms with Crippen LogP contribution >= 0.6 is 0 Å². The molecular formula is C18H31N3O4. The number of hydrogen-bond acceptors (Lipinski definition) is 6. The third kappa shape index (κ3) is 7.63. The lowest BCUT2D eigenvalue weighted by Crippen LogP contribution is -2.35. The Bertz CT molecular complexity index is 530. The van der Waals surface area contributed by atoms with Gasteiger partial charge in [-0.3, -0.25) is 4.79 Å². The molecule has 7 heteroatoms. The minimum Gasteiger partial charge on any atom is -0.376 e. The zero-order valence-electron chi connectivity index (χ0n) is 15.8. The first kappa shape index (κ1) is 20.0. The van der Waals surface area contributed by atoms with E-state index >= 15 is 0 Å². The third-order valence-electron chi connectivity index (χ3n) is 3.90. The quantitative estimate of drug-likeness (QED) is 0.643. The van der Waals surface area contributed by atoms with Gasteiger partial charge in [-0.1, -0.05) is 19.1 Å². The molecule has 0 aliphatic carbocycles. The zero-order chi connectivity index (χ0) is 18.2. The first-order valence-corrected chi connectivity index (χ1v) is 9.18. The molecule has 1 aromatic heterocycles. The molecule has 0 radical (unpaired) electrons. The van der Waals surface area contributed by atoms with Crippen molar-refractivity contribution < 1.29 is 19.0 Å². The Balaban J connectivity index is 1.69. The maximum Gasteiger partial charge on any atom is 0.154 e. The van der Waals surface area contributed by atoms with E-state index in [1.807, 2.05) is 13.8 Å². The number of nitrogens with zero attached hydrogens (tertiary/aromatic N) is 3. The fraction of sp³-hybridized carbons (Fsp3) is 0.833. The molecule has 25 heavy (non-hydrogen) atoms. The van der Waals surface area contributed by atoms with Gasteiger partial charge in [0.2, 0.25) is 0 Å². The molecule has 0 spiro atoms. The molecule has 0 amide bonds. The fourth-order valence-corrected chi connectivity index (χ4v) is 2.95. The van der Waals surface area contributed by atoms with Gasteiger partial charge in [0, 0.05) is 19.4 Å². The Kier molecular flexibility index (Phi) is 7.99. The lowest BCUT2D eigenvalue weighted by Gasteiger charge is -2.30. The van der Waals surface area contributed by atoms with Crippen molar-refractivity contribution in [2.75, 3.05) is 13.2 Å². The smallest absolute Gasteiger partial charge is 0.154 e.